The van der Waals surface area contributed by atoms with Crippen LogP contribution in [0.25, 0.3) is 0 Å². The van der Waals surface area contributed by atoms with Crippen molar-refractivity contribution in [1.82, 2.24) is 4.98 Å². The molecule has 2 N–H and O–H groups in total. The van der Waals surface area contributed by atoms with Crippen molar-refractivity contribution < 1.29 is 23.5 Å². The molecule has 0 radical (unpaired) electrons. The van der Waals surface area contributed by atoms with Gasteiger partial charge in [-0.05, 0) is 54.6 Å². The summed E-state index contributed by atoms with van der Waals surface area (Å²) < 4.78 is 19.9. The van der Waals surface area contributed by atoms with Gasteiger partial charge in [0, 0.05) is 26.5 Å². The Hall–Kier alpha value is -3.74. The molecule has 0 bridgehead atoms. The summed E-state index contributed by atoms with van der Waals surface area (Å²) >= 11 is 5.56. The normalized spacial score (nSPS) is 19.8. The standard InChI is InChI=1S/C28H19BrFN3O5S2/c29-14-5-11-17(12-6-14)33-26(35)22-21(23-25(32-28(37)40-23)39-24(22)27(33)36)18-3-1-2-4-19(18)38-13-20(34)31-16-9-7-15(30)8-10-16/h1-12,21-22,24H,13H2,(H,31,34)(H,32,37)/t21-,22-,24+/m0/s1. The Kier molecular flexibility index (Phi) is 7.07. The number of benzene rings is 3. The summed E-state index contributed by atoms with van der Waals surface area (Å²) in [6, 6.07) is 19.2. The highest BCUT2D eigenvalue weighted by Gasteiger charge is 2.56. The molecule has 1 saturated heterocycles. The lowest BCUT2D eigenvalue weighted by atomic mass is 9.82. The van der Waals surface area contributed by atoms with Crippen LogP contribution in [0, 0.1) is 11.7 Å². The van der Waals surface area contributed by atoms with E-state index in [4.69, 9.17) is 4.74 Å². The van der Waals surface area contributed by atoms with Gasteiger partial charge in [0.1, 0.15) is 16.8 Å². The number of aromatic nitrogens is 1. The van der Waals surface area contributed by atoms with E-state index in [0.717, 1.165) is 15.8 Å². The van der Waals surface area contributed by atoms with Crippen molar-refractivity contribution in [2.75, 3.05) is 16.8 Å². The minimum atomic E-state index is -0.794. The molecule has 202 valence electrons. The number of rotatable bonds is 6. The van der Waals surface area contributed by atoms with Gasteiger partial charge in [-0.2, -0.15) is 0 Å². The summed E-state index contributed by atoms with van der Waals surface area (Å²) in [5.41, 5.74) is 1.47. The summed E-state index contributed by atoms with van der Waals surface area (Å²) in [5, 5.41) is 2.44. The average molecular weight is 641 g/mol. The topological polar surface area (TPSA) is 109 Å². The third-order valence-corrected chi connectivity index (χ3v) is 9.58. The van der Waals surface area contributed by atoms with Crippen LogP contribution in [-0.4, -0.2) is 34.6 Å². The number of nitrogens with zero attached hydrogens (tertiary/aromatic N) is 1. The number of hydrogen-bond donors (Lipinski definition) is 2. The molecule has 1 fully saturated rings. The third-order valence-electron chi connectivity index (χ3n) is 6.65. The molecule has 3 atom stereocenters. The Bertz CT molecular complexity index is 1690. The molecule has 6 rings (SSSR count). The third kappa shape index (κ3) is 4.87. The highest BCUT2D eigenvalue weighted by atomic mass is 79.9. The number of imide groups is 1. The first-order valence-corrected chi connectivity index (χ1v) is 14.6. The van der Waals surface area contributed by atoms with Crippen LogP contribution in [0.15, 0.2) is 87.1 Å². The fourth-order valence-electron chi connectivity index (χ4n) is 4.94. The number of ether oxygens (including phenoxy) is 1. The minimum Gasteiger partial charge on any atom is -0.483 e. The number of halogens is 2. The van der Waals surface area contributed by atoms with Crippen molar-refractivity contribution in [3.8, 4) is 5.75 Å². The van der Waals surface area contributed by atoms with E-state index in [1.54, 1.807) is 48.5 Å². The number of H-pyrrole nitrogens is 1. The molecule has 0 spiro atoms. The van der Waals surface area contributed by atoms with Gasteiger partial charge in [0.2, 0.25) is 11.8 Å². The maximum atomic E-state index is 13.9. The summed E-state index contributed by atoms with van der Waals surface area (Å²) in [5.74, 6) is -2.71. The second-order valence-corrected chi connectivity index (χ2v) is 12.2. The highest BCUT2D eigenvalue weighted by Crippen LogP contribution is 2.54. The molecular weight excluding hydrogens is 621 g/mol. The number of carbonyl (C=O) groups is 3. The number of hydrogen-bond acceptors (Lipinski definition) is 7. The molecular formula is C28H19BrFN3O5S2. The Morgan fingerprint density at radius 2 is 1.73 bits per heavy atom. The number of thiazole rings is 1. The average Bonchev–Trinajstić information content (AvgIpc) is 3.44. The van der Waals surface area contributed by atoms with E-state index in [-0.39, 0.29) is 23.3 Å². The second kappa shape index (κ2) is 10.7. The fourth-order valence-corrected chi connectivity index (χ4v) is 7.71. The number of nitrogens with one attached hydrogen (secondary N) is 2. The van der Waals surface area contributed by atoms with Crippen LogP contribution < -0.4 is 19.8 Å². The van der Waals surface area contributed by atoms with Crippen LogP contribution in [-0.2, 0) is 14.4 Å². The molecule has 1 aromatic heterocycles. The first kappa shape index (κ1) is 26.5. The van der Waals surface area contributed by atoms with E-state index in [0.29, 0.717) is 32.6 Å². The first-order valence-electron chi connectivity index (χ1n) is 12.1. The van der Waals surface area contributed by atoms with E-state index in [1.165, 1.54) is 40.9 Å². The number of para-hydroxylation sites is 1. The summed E-state index contributed by atoms with van der Waals surface area (Å²) in [6.07, 6.45) is 0. The fraction of sp³-hybridized carbons (Fsp3) is 0.143. The molecule has 40 heavy (non-hydrogen) atoms. The molecule has 8 nitrogen and oxygen atoms in total. The second-order valence-electron chi connectivity index (χ2n) is 9.12. The van der Waals surface area contributed by atoms with Crippen molar-refractivity contribution >= 4 is 68.1 Å². The van der Waals surface area contributed by atoms with Crippen molar-refractivity contribution in [2.24, 2.45) is 5.92 Å². The van der Waals surface area contributed by atoms with Crippen molar-refractivity contribution in [3.05, 3.63) is 103 Å². The molecule has 2 aliphatic heterocycles. The van der Waals surface area contributed by atoms with Gasteiger partial charge in [-0.15, -0.1) is 0 Å². The van der Waals surface area contributed by atoms with Crippen LogP contribution in [0.5, 0.6) is 5.75 Å². The summed E-state index contributed by atoms with van der Waals surface area (Å²) in [4.78, 5) is 56.8. The Morgan fingerprint density at radius 1 is 1.00 bits per heavy atom. The zero-order valence-electron chi connectivity index (χ0n) is 20.4. The van der Waals surface area contributed by atoms with Crippen LogP contribution in [0.2, 0.25) is 0 Å². The lowest BCUT2D eigenvalue weighted by Gasteiger charge is -2.30. The van der Waals surface area contributed by atoms with Crippen LogP contribution in [0.4, 0.5) is 15.8 Å². The summed E-state index contributed by atoms with van der Waals surface area (Å²) in [6.45, 7) is -0.349. The Morgan fingerprint density at radius 3 is 2.48 bits per heavy atom. The number of anilines is 2. The SMILES string of the molecule is O=C(COc1ccccc1[C@@H]1c2sc(=O)[nH]c2S[C@H]2C(=O)N(c3ccc(Br)cc3)C(=O)[C@@H]12)Nc1ccc(F)cc1. The van der Waals surface area contributed by atoms with Crippen molar-refractivity contribution in [3.63, 3.8) is 0 Å². The van der Waals surface area contributed by atoms with Crippen LogP contribution in [0.3, 0.4) is 0 Å². The number of fused-ring (bicyclic) bond motifs is 2. The zero-order valence-corrected chi connectivity index (χ0v) is 23.6. The van der Waals surface area contributed by atoms with Crippen LogP contribution in [0.1, 0.15) is 16.4 Å². The van der Waals surface area contributed by atoms with Gasteiger partial charge >= 0.3 is 4.87 Å². The first-order chi connectivity index (χ1) is 19.3. The van der Waals surface area contributed by atoms with Gasteiger partial charge in [0.15, 0.2) is 6.61 Å². The highest BCUT2D eigenvalue weighted by molar-refractivity contribution is 9.10. The van der Waals surface area contributed by atoms with Gasteiger partial charge in [0.05, 0.1) is 16.6 Å². The Balaban J connectivity index is 1.33. The van der Waals surface area contributed by atoms with E-state index in [1.807, 2.05) is 0 Å². The van der Waals surface area contributed by atoms with Gasteiger partial charge < -0.3 is 15.0 Å². The molecule has 0 saturated carbocycles. The van der Waals surface area contributed by atoms with Gasteiger partial charge in [-0.25, -0.2) is 9.29 Å². The molecule has 3 aromatic carbocycles. The van der Waals surface area contributed by atoms with Crippen molar-refractivity contribution in [2.45, 2.75) is 16.2 Å². The zero-order chi connectivity index (χ0) is 28.0. The lowest BCUT2D eigenvalue weighted by Crippen LogP contribution is -2.32. The smallest absolute Gasteiger partial charge is 0.305 e. The molecule has 2 aliphatic rings. The maximum absolute atomic E-state index is 13.9. The van der Waals surface area contributed by atoms with Crippen LogP contribution >= 0.6 is 39.0 Å². The van der Waals surface area contributed by atoms with E-state index in [9.17, 15) is 23.6 Å². The Labute approximate surface area is 243 Å². The minimum absolute atomic E-state index is 0.288. The molecule has 3 amide bonds. The molecule has 4 aromatic rings. The monoisotopic (exact) mass is 639 g/mol. The lowest BCUT2D eigenvalue weighted by molar-refractivity contribution is -0.122. The molecule has 0 aliphatic carbocycles. The number of thioether (sulfide) groups is 1. The van der Waals surface area contributed by atoms with E-state index >= 15 is 0 Å². The molecule has 12 heteroatoms. The predicted octanol–water partition coefficient (Wildman–Crippen LogP) is 5.15. The van der Waals surface area contributed by atoms with Gasteiger partial charge in [-0.1, -0.05) is 57.2 Å². The quantitative estimate of drug-likeness (QED) is 0.283. The largest absolute Gasteiger partial charge is 0.483 e. The van der Waals surface area contributed by atoms with Gasteiger partial charge in [0.25, 0.3) is 5.91 Å². The van der Waals surface area contributed by atoms with E-state index in [2.05, 4.69) is 26.2 Å². The molecule has 0 unspecified atom stereocenters. The van der Waals surface area contributed by atoms with Crippen molar-refractivity contribution in [1.29, 1.82) is 0 Å². The van der Waals surface area contributed by atoms with Gasteiger partial charge in [-0.3, -0.25) is 19.2 Å². The molecule has 3 heterocycles. The summed E-state index contributed by atoms with van der Waals surface area (Å²) in [7, 11) is 0. The number of amides is 3. The number of aromatic amines is 1. The van der Waals surface area contributed by atoms with E-state index < -0.39 is 28.8 Å². The maximum Gasteiger partial charge on any atom is 0.305 e. The number of carbonyl (C=O) groups excluding carboxylic acids is 3. The predicted molar refractivity (Wildman–Crippen MR) is 154 cm³/mol.